The van der Waals surface area contributed by atoms with Gasteiger partial charge in [-0.2, -0.15) is 5.10 Å². The maximum atomic E-state index is 13.5. The smallest absolute Gasteiger partial charge is 0.259 e. The molecule has 2 fully saturated rings. The van der Waals surface area contributed by atoms with E-state index in [1.165, 1.54) is 0 Å². The summed E-state index contributed by atoms with van der Waals surface area (Å²) >= 11 is 0. The van der Waals surface area contributed by atoms with Crippen LogP contribution in [0.5, 0.6) is 0 Å². The molecule has 2 aliphatic rings. The van der Waals surface area contributed by atoms with Crippen molar-refractivity contribution in [1.29, 1.82) is 0 Å². The van der Waals surface area contributed by atoms with Crippen molar-refractivity contribution in [2.75, 3.05) is 39.5 Å². The molecule has 4 heterocycles. The van der Waals surface area contributed by atoms with Crippen LogP contribution in [-0.4, -0.2) is 65.1 Å². The Balaban J connectivity index is 1.46. The molecule has 0 aliphatic carbocycles. The normalized spacial score (nSPS) is 19.7. The van der Waals surface area contributed by atoms with E-state index < -0.39 is 0 Å². The van der Waals surface area contributed by atoms with Gasteiger partial charge in [0.1, 0.15) is 0 Å². The van der Waals surface area contributed by atoms with E-state index in [9.17, 15) is 9.59 Å². The van der Waals surface area contributed by atoms with Crippen LogP contribution in [0.25, 0.3) is 21.8 Å². The molecule has 176 valence electrons. The summed E-state index contributed by atoms with van der Waals surface area (Å²) in [5.41, 5.74) is 2.93. The topological polar surface area (TPSA) is 89.5 Å². The number of aromatic nitrogens is 3. The lowest BCUT2D eigenvalue weighted by Crippen LogP contribution is -2.39. The largest absolute Gasteiger partial charge is 0.382 e. The molecule has 0 spiro atoms. The first kappa shape index (κ1) is 22.1. The SMILES string of the molecule is CCOCCC1CCN(C(=O)c2cc3c(cc2C)[nH]c(=O)c2cnn([C@H]4CCOC4)c23)CC1. The third-order valence-corrected chi connectivity index (χ3v) is 7.17. The number of fused-ring (bicyclic) bond motifs is 3. The Kier molecular flexibility index (Phi) is 6.21. The van der Waals surface area contributed by atoms with Gasteiger partial charge in [-0.25, -0.2) is 0 Å². The molecule has 2 saturated heterocycles. The third-order valence-electron chi connectivity index (χ3n) is 7.17. The molecule has 1 atom stereocenters. The van der Waals surface area contributed by atoms with E-state index in [4.69, 9.17) is 9.47 Å². The van der Waals surface area contributed by atoms with E-state index in [2.05, 4.69) is 10.1 Å². The number of H-pyrrole nitrogens is 1. The number of hydrogen-bond donors (Lipinski definition) is 1. The lowest BCUT2D eigenvalue weighted by molar-refractivity contribution is 0.0657. The predicted molar refractivity (Wildman–Crippen MR) is 127 cm³/mol. The Bertz CT molecular complexity index is 1220. The van der Waals surface area contributed by atoms with Crippen LogP contribution in [0.1, 0.15) is 54.6 Å². The number of benzene rings is 1. The molecule has 0 unspecified atom stereocenters. The van der Waals surface area contributed by atoms with Gasteiger partial charge in [0.05, 0.1) is 35.3 Å². The number of aryl methyl sites for hydroxylation is 1. The zero-order valence-electron chi connectivity index (χ0n) is 19.4. The van der Waals surface area contributed by atoms with E-state index in [0.717, 1.165) is 74.0 Å². The quantitative estimate of drug-likeness (QED) is 0.579. The van der Waals surface area contributed by atoms with Crippen molar-refractivity contribution in [3.8, 4) is 0 Å². The van der Waals surface area contributed by atoms with Gasteiger partial charge >= 0.3 is 0 Å². The van der Waals surface area contributed by atoms with Gasteiger partial charge in [-0.15, -0.1) is 0 Å². The van der Waals surface area contributed by atoms with Crippen LogP contribution in [0.15, 0.2) is 23.1 Å². The van der Waals surface area contributed by atoms with Gasteiger partial charge in [0, 0.05) is 43.9 Å². The molecular weight excluding hydrogens is 420 g/mol. The minimum absolute atomic E-state index is 0.0623. The van der Waals surface area contributed by atoms with E-state index in [0.29, 0.717) is 30.1 Å². The number of pyridine rings is 1. The van der Waals surface area contributed by atoms with Gasteiger partial charge in [-0.3, -0.25) is 14.3 Å². The van der Waals surface area contributed by atoms with Crippen molar-refractivity contribution in [1.82, 2.24) is 19.7 Å². The van der Waals surface area contributed by atoms with Gasteiger partial charge in [0.25, 0.3) is 11.5 Å². The summed E-state index contributed by atoms with van der Waals surface area (Å²) in [5.74, 6) is 0.679. The van der Waals surface area contributed by atoms with Gasteiger partial charge in [-0.05, 0) is 63.1 Å². The van der Waals surface area contributed by atoms with Crippen LogP contribution in [0, 0.1) is 12.8 Å². The molecule has 8 nitrogen and oxygen atoms in total. The fourth-order valence-corrected chi connectivity index (χ4v) is 5.21. The van der Waals surface area contributed by atoms with E-state index in [-0.39, 0.29) is 17.5 Å². The minimum atomic E-state index is -0.157. The maximum Gasteiger partial charge on any atom is 0.259 e. The van der Waals surface area contributed by atoms with Crippen LogP contribution in [0.2, 0.25) is 0 Å². The predicted octanol–water partition coefficient (Wildman–Crippen LogP) is 3.43. The lowest BCUT2D eigenvalue weighted by atomic mass is 9.93. The van der Waals surface area contributed by atoms with E-state index in [1.54, 1.807) is 6.20 Å². The average Bonchev–Trinajstić information content (AvgIpc) is 3.49. The maximum absolute atomic E-state index is 13.5. The molecule has 0 radical (unpaired) electrons. The Hall–Kier alpha value is -2.71. The molecule has 3 aromatic rings. The average molecular weight is 453 g/mol. The molecular formula is C25H32N4O4. The monoisotopic (exact) mass is 452 g/mol. The number of nitrogens with one attached hydrogen (secondary N) is 1. The summed E-state index contributed by atoms with van der Waals surface area (Å²) in [7, 11) is 0. The Labute approximate surface area is 192 Å². The minimum Gasteiger partial charge on any atom is -0.382 e. The fourth-order valence-electron chi connectivity index (χ4n) is 5.21. The van der Waals surface area contributed by atoms with Crippen molar-refractivity contribution in [3.63, 3.8) is 0 Å². The van der Waals surface area contributed by atoms with Crippen LogP contribution in [0.3, 0.4) is 0 Å². The summed E-state index contributed by atoms with van der Waals surface area (Å²) in [4.78, 5) is 31.1. The number of likely N-dealkylation sites (tertiary alicyclic amines) is 1. The number of carbonyl (C=O) groups is 1. The van der Waals surface area contributed by atoms with Crippen LogP contribution >= 0.6 is 0 Å². The summed E-state index contributed by atoms with van der Waals surface area (Å²) in [5, 5.41) is 5.93. The standard InChI is InChI=1S/C25H32N4O4/c1-3-32-10-6-17-4-8-28(9-5-17)25(31)19-13-20-22(12-16(19)2)27-24(30)21-14-26-29(23(20)21)18-7-11-33-15-18/h12-14,17-18H,3-11,15H2,1-2H3,(H,27,30)/t18-/m0/s1. The number of piperidine rings is 1. The van der Waals surface area contributed by atoms with Crippen molar-refractivity contribution in [2.45, 2.75) is 45.6 Å². The molecule has 2 aliphatic heterocycles. The zero-order valence-corrected chi connectivity index (χ0v) is 19.4. The number of nitrogens with zero attached hydrogens (tertiary/aromatic N) is 3. The summed E-state index contributed by atoms with van der Waals surface area (Å²) in [6, 6.07) is 3.96. The van der Waals surface area contributed by atoms with Crippen molar-refractivity contribution in [3.05, 3.63) is 39.8 Å². The molecule has 33 heavy (non-hydrogen) atoms. The number of amides is 1. The Morgan fingerprint density at radius 3 is 2.79 bits per heavy atom. The van der Waals surface area contributed by atoms with Gasteiger partial charge in [0.15, 0.2) is 0 Å². The molecule has 8 heteroatoms. The first-order valence-electron chi connectivity index (χ1n) is 12.1. The second-order valence-electron chi connectivity index (χ2n) is 9.26. The molecule has 0 bridgehead atoms. The zero-order chi connectivity index (χ0) is 22.9. The highest BCUT2D eigenvalue weighted by Crippen LogP contribution is 2.30. The first-order valence-corrected chi connectivity index (χ1v) is 12.1. The van der Waals surface area contributed by atoms with Crippen molar-refractivity contribution in [2.24, 2.45) is 5.92 Å². The number of carbonyl (C=O) groups excluding carboxylic acids is 1. The van der Waals surface area contributed by atoms with Crippen LogP contribution in [-0.2, 0) is 9.47 Å². The number of aromatic amines is 1. The van der Waals surface area contributed by atoms with Crippen LogP contribution in [0.4, 0.5) is 0 Å². The molecule has 1 aromatic carbocycles. The molecule has 1 amide bonds. The number of rotatable bonds is 6. The van der Waals surface area contributed by atoms with Crippen molar-refractivity contribution < 1.29 is 14.3 Å². The second kappa shape index (κ2) is 9.27. The second-order valence-corrected chi connectivity index (χ2v) is 9.26. The third kappa shape index (κ3) is 4.17. The van der Waals surface area contributed by atoms with E-state index in [1.807, 2.05) is 35.6 Å². The number of hydrogen-bond acceptors (Lipinski definition) is 5. The first-order chi connectivity index (χ1) is 16.1. The highest BCUT2D eigenvalue weighted by atomic mass is 16.5. The highest BCUT2D eigenvalue weighted by Gasteiger charge is 2.26. The Morgan fingerprint density at radius 2 is 2.06 bits per heavy atom. The fraction of sp³-hybridized carbons (Fsp3) is 0.560. The summed E-state index contributed by atoms with van der Waals surface area (Å²) in [6.45, 7) is 8.32. The molecule has 0 saturated carbocycles. The van der Waals surface area contributed by atoms with Gasteiger partial charge < -0.3 is 19.4 Å². The van der Waals surface area contributed by atoms with Gasteiger partial charge in [-0.1, -0.05) is 0 Å². The molecule has 2 aromatic heterocycles. The summed E-state index contributed by atoms with van der Waals surface area (Å²) < 4.78 is 13.0. The summed E-state index contributed by atoms with van der Waals surface area (Å²) in [6.07, 6.45) is 5.57. The number of ether oxygens (including phenoxy) is 2. The molecule has 5 rings (SSSR count). The van der Waals surface area contributed by atoms with Crippen LogP contribution < -0.4 is 5.56 Å². The lowest BCUT2D eigenvalue weighted by Gasteiger charge is -2.32. The van der Waals surface area contributed by atoms with Gasteiger partial charge in [0.2, 0.25) is 0 Å². The molecule has 1 N–H and O–H groups in total. The Morgan fingerprint density at radius 1 is 1.24 bits per heavy atom. The van der Waals surface area contributed by atoms with E-state index >= 15 is 0 Å². The highest BCUT2D eigenvalue weighted by molar-refractivity contribution is 6.07. The van der Waals surface area contributed by atoms with Crippen molar-refractivity contribution >= 4 is 27.7 Å².